The van der Waals surface area contributed by atoms with Crippen molar-refractivity contribution in [1.29, 1.82) is 0 Å². The van der Waals surface area contributed by atoms with Gasteiger partial charge < -0.3 is 5.32 Å². The standard InChI is InChI=1S/C10H12N2.2ClH/c1-2-7-12-10(5-1)9-4-3-6-11-8-9;;/h1-2,4-5,7,11H,3,6,8H2;2*1H. The lowest BCUT2D eigenvalue weighted by atomic mass is 10.1. The van der Waals surface area contributed by atoms with Gasteiger partial charge in [0.05, 0.1) is 5.69 Å². The predicted molar refractivity (Wildman–Crippen MR) is 64.2 cm³/mol. The number of hydrogen-bond acceptors (Lipinski definition) is 2. The summed E-state index contributed by atoms with van der Waals surface area (Å²) in [6.45, 7) is 2.05. The van der Waals surface area contributed by atoms with Gasteiger partial charge in [-0.05, 0) is 30.7 Å². The van der Waals surface area contributed by atoms with Crippen molar-refractivity contribution in [1.82, 2.24) is 10.3 Å². The van der Waals surface area contributed by atoms with E-state index < -0.39 is 0 Å². The van der Waals surface area contributed by atoms with Gasteiger partial charge in [-0.2, -0.15) is 0 Å². The Kier molecular flexibility index (Phi) is 6.54. The van der Waals surface area contributed by atoms with Crippen LogP contribution in [-0.4, -0.2) is 18.1 Å². The highest BCUT2D eigenvalue weighted by Gasteiger charge is 2.04. The van der Waals surface area contributed by atoms with Crippen LogP contribution >= 0.6 is 24.8 Å². The highest BCUT2D eigenvalue weighted by atomic mass is 35.5. The topological polar surface area (TPSA) is 24.9 Å². The molecule has 0 aromatic carbocycles. The van der Waals surface area contributed by atoms with Gasteiger partial charge in [0.15, 0.2) is 0 Å². The molecular weight excluding hydrogens is 219 g/mol. The number of hydrogen-bond donors (Lipinski definition) is 1. The molecule has 0 saturated carbocycles. The minimum Gasteiger partial charge on any atom is -0.312 e. The van der Waals surface area contributed by atoms with Crippen molar-refractivity contribution in [2.45, 2.75) is 6.42 Å². The van der Waals surface area contributed by atoms with Gasteiger partial charge in [-0.1, -0.05) is 12.1 Å². The van der Waals surface area contributed by atoms with E-state index in [2.05, 4.69) is 22.4 Å². The van der Waals surface area contributed by atoms with Crippen LogP contribution in [0.4, 0.5) is 0 Å². The Balaban J connectivity index is 0.000000845. The number of halogens is 2. The summed E-state index contributed by atoms with van der Waals surface area (Å²) in [5.41, 5.74) is 2.42. The molecule has 14 heavy (non-hydrogen) atoms. The zero-order valence-electron chi connectivity index (χ0n) is 7.77. The fraction of sp³-hybridized carbons (Fsp3) is 0.300. The number of aromatic nitrogens is 1. The lowest BCUT2D eigenvalue weighted by Crippen LogP contribution is -2.21. The molecule has 0 bridgehead atoms. The summed E-state index contributed by atoms with van der Waals surface area (Å²) in [5, 5.41) is 3.33. The first kappa shape index (κ1) is 13.4. The molecule has 0 spiro atoms. The van der Waals surface area contributed by atoms with Gasteiger partial charge in [-0.3, -0.25) is 4.98 Å². The molecule has 1 aliphatic heterocycles. The van der Waals surface area contributed by atoms with Crippen molar-refractivity contribution in [2.75, 3.05) is 13.1 Å². The fourth-order valence-electron chi connectivity index (χ4n) is 1.39. The molecular formula is C10H14Cl2N2. The maximum Gasteiger partial charge on any atom is 0.0671 e. The maximum absolute atomic E-state index is 4.29. The average Bonchev–Trinajstić information content (AvgIpc) is 2.21. The molecule has 1 aromatic rings. The summed E-state index contributed by atoms with van der Waals surface area (Å²) in [5.74, 6) is 0. The van der Waals surface area contributed by atoms with E-state index in [0.717, 1.165) is 25.2 Å². The van der Waals surface area contributed by atoms with Crippen LogP contribution in [0.2, 0.25) is 0 Å². The van der Waals surface area contributed by atoms with Crippen molar-refractivity contribution >= 4 is 30.4 Å². The van der Waals surface area contributed by atoms with Crippen LogP contribution in [0.25, 0.3) is 5.57 Å². The molecule has 0 atom stereocenters. The van der Waals surface area contributed by atoms with E-state index in [1.807, 2.05) is 18.3 Å². The predicted octanol–water partition coefficient (Wildman–Crippen LogP) is 2.30. The lowest BCUT2D eigenvalue weighted by Gasteiger charge is -2.12. The highest BCUT2D eigenvalue weighted by Crippen LogP contribution is 2.12. The van der Waals surface area contributed by atoms with E-state index >= 15 is 0 Å². The van der Waals surface area contributed by atoms with Gasteiger partial charge in [-0.15, -0.1) is 24.8 Å². The van der Waals surface area contributed by atoms with Crippen LogP contribution < -0.4 is 5.32 Å². The molecule has 0 radical (unpaired) electrons. The van der Waals surface area contributed by atoms with Gasteiger partial charge in [0, 0.05) is 12.7 Å². The van der Waals surface area contributed by atoms with Crippen molar-refractivity contribution in [3.8, 4) is 0 Å². The van der Waals surface area contributed by atoms with Crippen LogP contribution in [0.1, 0.15) is 12.1 Å². The molecule has 2 heterocycles. The summed E-state index contributed by atoms with van der Waals surface area (Å²) < 4.78 is 0. The second kappa shape index (κ2) is 6.82. The highest BCUT2D eigenvalue weighted by molar-refractivity contribution is 5.85. The summed E-state index contributed by atoms with van der Waals surface area (Å²) in [6, 6.07) is 6.02. The Morgan fingerprint density at radius 1 is 1.21 bits per heavy atom. The second-order valence-electron chi connectivity index (χ2n) is 2.91. The lowest BCUT2D eigenvalue weighted by molar-refractivity contribution is 0.737. The van der Waals surface area contributed by atoms with E-state index in [-0.39, 0.29) is 24.8 Å². The molecule has 1 aliphatic rings. The number of nitrogens with one attached hydrogen (secondary N) is 1. The number of nitrogens with zero attached hydrogens (tertiary/aromatic N) is 1. The fourth-order valence-corrected chi connectivity index (χ4v) is 1.39. The first-order valence-electron chi connectivity index (χ1n) is 4.28. The van der Waals surface area contributed by atoms with Crippen LogP contribution in [0.15, 0.2) is 30.5 Å². The summed E-state index contributed by atoms with van der Waals surface area (Å²) in [7, 11) is 0. The molecule has 0 amide bonds. The monoisotopic (exact) mass is 232 g/mol. The SMILES string of the molecule is C1=C(c2ccccn2)CNCC1.Cl.Cl. The second-order valence-corrected chi connectivity index (χ2v) is 2.91. The average molecular weight is 233 g/mol. The smallest absolute Gasteiger partial charge is 0.0671 e. The van der Waals surface area contributed by atoms with Gasteiger partial charge in [-0.25, -0.2) is 0 Å². The minimum absolute atomic E-state index is 0. The molecule has 0 unspecified atom stereocenters. The Morgan fingerprint density at radius 3 is 2.64 bits per heavy atom. The minimum atomic E-state index is 0. The third kappa shape index (κ3) is 3.29. The van der Waals surface area contributed by atoms with Gasteiger partial charge in [0.2, 0.25) is 0 Å². The normalized spacial score (nSPS) is 14.7. The summed E-state index contributed by atoms with van der Waals surface area (Å²) >= 11 is 0. The number of pyridine rings is 1. The van der Waals surface area contributed by atoms with Crippen LogP contribution in [0, 0.1) is 0 Å². The van der Waals surface area contributed by atoms with Crippen molar-refractivity contribution in [3.63, 3.8) is 0 Å². The van der Waals surface area contributed by atoms with Crippen molar-refractivity contribution in [2.24, 2.45) is 0 Å². The molecule has 0 fully saturated rings. The van der Waals surface area contributed by atoms with Gasteiger partial charge >= 0.3 is 0 Å². The van der Waals surface area contributed by atoms with E-state index in [1.54, 1.807) is 0 Å². The zero-order valence-corrected chi connectivity index (χ0v) is 9.40. The molecule has 1 aromatic heterocycles. The molecule has 2 nitrogen and oxygen atoms in total. The summed E-state index contributed by atoms with van der Waals surface area (Å²) in [4.78, 5) is 4.29. The quantitative estimate of drug-likeness (QED) is 0.805. The van der Waals surface area contributed by atoms with Crippen molar-refractivity contribution in [3.05, 3.63) is 36.2 Å². The third-order valence-corrected chi connectivity index (χ3v) is 2.02. The van der Waals surface area contributed by atoms with E-state index in [9.17, 15) is 0 Å². The van der Waals surface area contributed by atoms with Gasteiger partial charge in [0.1, 0.15) is 0 Å². The van der Waals surface area contributed by atoms with Crippen LogP contribution in [-0.2, 0) is 0 Å². The Hall–Kier alpha value is -0.570. The molecule has 0 saturated heterocycles. The van der Waals surface area contributed by atoms with Crippen molar-refractivity contribution < 1.29 is 0 Å². The maximum atomic E-state index is 4.29. The van der Waals surface area contributed by atoms with Crippen LogP contribution in [0.5, 0.6) is 0 Å². The Bertz CT molecular complexity index is 285. The first-order valence-corrected chi connectivity index (χ1v) is 4.28. The molecule has 2 rings (SSSR count). The number of rotatable bonds is 1. The third-order valence-electron chi connectivity index (χ3n) is 2.02. The zero-order chi connectivity index (χ0) is 8.23. The van der Waals surface area contributed by atoms with E-state index in [0.29, 0.717) is 0 Å². The van der Waals surface area contributed by atoms with E-state index in [1.165, 1.54) is 5.57 Å². The Labute approximate surface area is 96.6 Å². The molecule has 1 N–H and O–H groups in total. The molecule has 0 aliphatic carbocycles. The largest absolute Gasteiger partial charge is 0.312 e. The Morgan fingerprint density at radius 2 is 2.07 bits per heavy atom. The first-order chi connectivity index (χ1) is 5.97. The van der Waals surface area contributed by atoms with E-state index in [4.69, 9.17) is 0 Å². The van der Waals surface area contributed by atoms with Gasteiger partial charge in [0.25, 0.3) is 0 Å². The molecule has 78 valence electrons. The summed E-state index contributed by atoms with van der Waals surface area (Å²) in [6.07, 6.45) is 5.22. The van der Waals surface area contributed by atoms with Crippen LogP contribution in [0.3, 0.4) is 0 Å². The molecule has 4 heteroatoms.